The second-order valence-corrected chi connectivity index (χ2v) is 4.64. The van der Waals surface area contributed by atoms with Crippen LogP contribution in [0.25, 0.3) is 10.9 Å². The lowest BCUT2D eigenvalue weighted by Gasteiger charge is -2.22. The summed E-state index contributed by atoms with van der Waals surface area (Å²) >= 11 is 0. The summed E-state index contributed by atoms with van der Waals surface area (Å²) in [7, 11) is 2.06. The monoisotopic (exact) mass is 215 g/mol. The highest BCUT2D eigenvalue weighted by Gasteiger charge is 2.16. The van der Waals surface area contributed by atoms with E-state index in [4.69, 9.17) is 0 Å². The minimum atomic E-state index is 0.596. The summed E-state index contributed by atoms with van der Waals surface area (Å²) < 4.78 is 2.12. The molecule has 0 aromatic carbocycles. The van der Waals surface area contributed by atoms with E-state index in [-0.39, 0.29) is 0 Å². The molecule has 3 heterocycles. The van der Waals surface area contributed by atoms with E-state index < -0.39 is 0 Å². The van der Waals surface area contributed by atoms with E-state index in [0.717, 1.165) is 13.1 Å². The van der Waals surface area contributed by atoms with Crippen LogP contribution in [0.2, 0.25) is 0 Å². The van der Waals surface area contributed by atoms with E-state index in [0.29, 0.717) is 5.92 Å². The van der Waals surface area contributed by atoms with Crippen molar-refractivity contribution in [3.05, 3.63) is 30.2 Å². The molecule has 1 atom stereocenters. The highest BCUT2D eigenvalue weighted by atomic mass is 14.9. The fourth-order valence-corrected chi connectivity index (χ4v) is 2.51. The average molecular weight is 215 g/mol. The number of pyridine rings is 1. The molecular weight excluding hydrogens is 198 g/mol. The molecule has 1 fully saturated rings. The van der Waals surface area contributed by atoms with E-state index in [1.54, 1.807) is 0 Å². The Morgan fingerprint density at radius 1 is 1.50 bits per heavy atom. The fourth-order valence-electron chi connectivity index (χ4n) is 2.51. The zero-order valence-corrected chi connectivity index (χ0v) is 9.61. The fraction of sp³-hybridized carbons (Fsp3) is 0.462. The maximum atomic E-state index is 4.60. The standard InChI is InChI=1S/C13H17N3/c1-16-6-4-10-7-12(15-9-13(10)16)11-3-2-5-14-8-11/h4,6-7,9,11,14H,2-3,5,8H2,1H3. The van der Waals surface area contributed by atoms with Gasteiger partial charge in [0.25, 0.3) is 0 Å². The molecule has 1 unspecified atom stereocenters. The molecule has 1 saturated heterocycles. The first-order valence-electron chi connectivity index (χ1n) is 5.96. The molecule has 1 aliphatic rings. The maximum Gasteiger partial charge on any atom is 0.0664 e. The maximum absolute atomic E-state index is 4.60. The van der Waals surface area contributed by atoms with Crippen LogP contribution in [0.5, 0.6) is 0 Å². The number of piperidine rings is 1. The van der Waals surface area contributed by atoms with Crippen LogP contribution in [0.4, 0.5) is 0 Å². The van der Waals surface area contributed by atoms with E-state index in [2.05, 4.69) is 40.2 Å². The van der Waals surface area contributed by atoms with Gasteiger partial charge in [0.15, 0.2) is 0 Å². The van der Waals surface area contributed by atoms with Crippen LogP contribution in [0.1, 0.15) is 24.5 Å². The van der Waals surface area contributed by atoms with E-state index >= 15 is 0 Å². The Labute approximate surface area is 95.5 Å². The van der Waals surface area contributed by atoms with Crippen LogP contribution in [0, 0.1) is 0 Å². The molecule has 1 N–H and O–H groups in total. The van der Waals surface area contributed by atoms with Crippen molar-refractivity contribution in [3.8, 4) is 0 Å². The summed E-state index contributed by atoms with van der Waals surface area (Å²) in [5, 5.41) is 4.75. The van der Waals surface area contributed by atoms with E-state index in [9.17, 15) is 0 Å². The van der Waals surface area contributed by atoms with Crippen molar-refractivity contribution in [2.24, 2.45) is 7.05 Å². The second kappa shape index (κ2) is 3.91. The zero-order chi connectivity index (χ0) is 11.0. The van der Waals surface area contributed by atoms with Crippen molar-refractivity contribution in [1.82, 2.24) is 14.9 Å². The van der Waals surface area contributed by atoms with Gasteiger partial charge in [-0.05, 0) is 31.5 Å². The molecule has 1 aliphatic heterocycles. The first-order chi connectivity index (χ1) is 7.84. The SMILES string of the molecule is Cn1ccc2cc(C3CCCNC3)ncc21. The number of fused-ring (bicyclic) bond motifs is 1. The summed E-state index contributed by atoms with van der Waals surface area (Å²) in [6.07, 6.45) is 6.62. The Bertz CT molecular complexity index is 495. The number of rotatable bonds is 1. The second-order valence-electron chi connectivity index (χ2n) is 4.64. The minimum absolute atomic E-state index is 0.596. The lowest BCUT2D eigenvalue weighted by molar-refractivity contribution is 0.455. The van der Waals surface area contributed by atoms with Gasteiger partial charge < -0.3 is 9.88 Å². The first-order valence-corrected chi connectivity index (χ1v) is 5.96. The predicted molar refractivity (Wildman–Crippen MR) is 65.6 cm³/mol. The largest absolute Gasteiger partial charge is 0.349 e. The van der Waals surface area contributed by atoms with Crippen molar-refractivity contribution in [3.63, 3.8) is 0 Å². The summed E-state index contributed by atoms with van der Waals surface area (Å²) in [4.78, 5) is 4.60. The lowest BCUT2D eigenvalue weighted by Crippen LogP contribution is -2.28. The van der Waals surface area contributed by atoms with Crippen LogP contribution in [0.3, 0.4) is 0 Å². The number of aromatic nitrogens is 2. The van der Waals surface area contributed by atoms with Crippen molar-refractivity contribution in [2.75, 3.05) is 13.1 Å². The van der Waals surface area contributed by atoms with Crippen molar-refractivity contribution < 1.29 is 0 Å². The lowest BCUT2D eigenvalue weighted by atomic mass is 9.95. The van der Waals surface area contributed by atoms with Gasteiger partial charge in [0.2, 0.25) is 0 Å². The van der Waals surface area contributed by atoms with Crippen molar-refractivity contribution in [1.29, 1.82) is 0 Å². The van der Waals surface area contributed by atoms with Gasteiger partial charge in [-0.25, -0.2) is 0 Å². The van der Waals surface area contributed by atoms with Crippen LogP contribution in [0.15, 0.2) is 24.5 Å². The molecule has 0 spiro atoms. The van der Waals surface area contributed by atoms with Gasteiger partial charge >= 0.3 is 0 Å². The molecule has 0 saturated carbocycles. The normalized spacial score (nSPS) is 21.4. The molecule has 0 radical (unpaired) electrons. The van der Waals surface area contributed by atoms with Gasteiger partial charge in [0.05, 0.1) is 11.7 Å². The van der Waals surface area contributed by atoms with Crippen molar-refractivity contribution >= 4 is 10.9 Å². The van der Waals surface area contributed by atoms with Gasteiger partial charge in [-0.3, -0.25) is 4.98 Å². The molecule has 2 aromatic heterocycles. The quantitative estimate of drug-likeness (QED) is 0.789. The Balaban J connectivity index is 1.97. The Hall–Kier alpha value is -1.35. The third-order valence-electron chi connectivity index (χ3n) is 3.51. The molecule has 84 valence electrons. The predicted octanol–water partition coefficient (Wildman–Crippen LogP) is 2.04. The zero-order valence-electron chi connectivity index (χ0n) is 9.61. The topological polar surface area (TPSA) is 29.9 Å². The van der Waals surface area contributed by atoms with Gasteiger partial charge in [-0.15, -0.1) is 0 Å². The van der Waals surface area contributed by atoms with Crippen LogP contribution in [-0.2, 0) is 7.05 Å². The molecule has 0 amide bonds. The third-order valence-corrected chi connectivity index (χ3v) is 3.51. The highest BCUT2D eigenvalue weighted by molar-refractivity contribution is 5.79. The summed E-state index contributed by atoms with van der Waals surface area (Å²) in [6.45, 7) is 2.23. The van der Waals surface area contributed by atoms with Gasteiger partial charge in [0.1, 0.15) is 0 Å². The number of nitrogens with zero attached hydrogens (tertiary/aromatic N) is 2. The molecule has 16 heavy (non-hydrogen) atoms. The van der Waals surface area contributed by atoms with Crippen molar-refractivity contribution in [2.45, 2.75) is 18.8 Å². The van der Waals surface area contributed by atoms with Gasteiger partial charge in [0, 0.05) is 36.8 Å². The summed E-state index contributed by atoms with van der Waals surface area (Å²) in [6, 6.07) is 4.41. The highest BCUT2D eigenvalue weighted by Crippen LogP contribution is 2.24. The minimum Gasteiger partial charge on any atom is -0.349 e. The Kier molecular flexibility index (Phi) is 2.40. The van der Waals surface area contributed by atoms with Gasteiger partial charge in [-0.1, -0.05) is 0 Å². The summed E-state index contributed by atoms with van der Waals surface area (Å²) in [5.74, 6) is 0.596. The molecule has 3 rings (SSSR count). The molecule has 0 bridgehead atoms. The van der Waals surface area contributed by atoms with Crippen LogP contribution < -0.4 is 5.32 Å². The average Bonchev–Trinajstić information content (AvgIpc) is 2.72. The smallest absolute Gasteiger partial charge is 0.0664 e. The number of hydrogen-bond acceptors (Lipinski definition) is 2. The van der Waals surface area contributed by atoms with Crippen LogP contribution in [-0.4, -0.2) is 22.6 Å². The van der Waals surface area contributed by atoms with E-state index in [1.165, 1.54) is 29.4 Å². The molecule has 0 aliphatic carbocycles. The van der Waals surface area contributed by atoms with Gasteiger partial charge in [-0.2, -0.15) is 0 Å². The molecular formula is C13H17N3. The Morgan fingerprint density at radius 3 is 3.25 bits per heavy atom. The molecule has 2 aromatic rings. The summed E-state index contributed by atoms with van der Waals surface area (Å²) in [5.41, 5.74) is 2.46. The number of hydrogen-bond donors (Lipinski definition) is 1. The number of nitrogens with one attached hydrogen (secondary N) is 1. The first kappa shape index (κ1) is 9.85. The number of aryl methyl sites for hydroxylation is 1. The third kappa shape index (κ3) is 1.61. The molecule has 3 nitrogen and oxygen atoms in total. The van der Waals surface area contributed by atoms with Crippen LogP contribution >= 0.6 is 0 Å². The van der Waals surface area contributed by atoms with E-state index in [1.807, 2.05) is 6.20 Å². The Morgan fingerprint density at radius 2 is 2.44 bits per heavy atom. The molecule has 3 heteroatoms.